The van der Waals surface area contributed by atoms with Gasteiger partial charge >= 0.3 is 0 Å². The Labute approximate surface area is 78.4 Å². The van der Waals surface area contributed by atoms with E-state index in [1.807, 2.05) is 29.2 Å². The Balaban J connectivity index is 2.75. The SMILES string of the molecule is C=CCN(CC=C)c1cccnn1. The maximum Gasteiger partial charge on any atom is 0.151 e. The van der Waals surface area contributed by atoms with Crippen molar-refractivity contribution in [2.45, 2.75) is 0 Å². The molecular formula is C10H13N3. The summed E-state index contributed by atoms with van der Waals surface area (Å²) in [6.45, 7) is 8.88. The van der Waals surface area contributed by atoms with E-state index in [0.29, 0.717) is 0 Å². The number of aromatic nitrogens is 2. The van der Waals surface area contributed by atoms with Crippen molar-refractivity contribution in [2.24, 2.45) is 0 Å². The minimum atomic E-state index is 0.755. The predicted molar refractivity (Wildman–Crippen MR) is 54.6 cm³/mol. The molecule has 0 radical (unpaired) electrons. The maximum absolute atomic E-state index is 4.00. The molecule has 0 N–H and O–H groups in total. The van der Waals surface area contributed by atoms with Crippen molar-refractivity contribution in [3.8, 4) is 0 Å². The number of hydrogen-bond acceptors (Lipinski definition) is 3. The van der Waals surface area contributed by atoms with Crippen LogP contribution in [0.3, 0.4) is 0 Å². The van der Waals surface area contributed by atoms with Gasteiger partial charge in [0.1, 0.15) is 0 Å². The van der Waals surface area contributed by atoms with E-state index in [-0.39, 0.29) is 0 Å². The Bertz CT molecular complexity index is 259. The third-order valence-electron chi connectivity index (χ3n) is 1.58. The lowest BCUT2D eigenvalue weighted by Crippen LogP contribution is -2.24. The minimum absolute atomic E-state index is 0.755. The Morgan fingerprint density at radius 1 is 1.31 bits per heavy atom. The van der Waals surface area contributed by atoms with Crippen molar-refractivity contribution in [2.75, 3.05) is 18.0 Å². The van der Waals surface area contributed by atoms with Crippen LogP contribution in [0.15, 0.2) is 43.6 Å². The highest BCUT2D eigenvalue weighted by Gasteiger charge is 2.02. The molecule has 0 saturated carbocycles. The van der Waals surface area contributed by atoms with Crippen LogP contribution in [0.5, 0.6) is 0 Å². The molecular weight excluding hydrogens is 162 g/mol. The average Bonchev–Trinajstić information content (AvgIpc) is 2.19. The number of rotatable bonds is 5. The number of nitrogens with zero attached hydrogens (tertiary/aromatic N) is 3. The first kappa shape index (κ1) is 9.45. The summed E-state index contributed by atoms with van der Waals surface area (Å²) < 4.78 is 0. The molecule has 0 aliphatic carbocycles. The molecule has 0 atom stereocenters. The quantitative estimate of drug-likeness (QED) is 0.637. The van der Waals surface area contributed by atoms with Gasteiger partial charge in [-0.3, -0.25) is 0 Å². The molecule has 3 nitrogen and oxygen atoms in total. The van der Waals surface area contributed by atoms with E-state index in [1.165, 1.54) is 0 Å². The Hall–Kier alpha value is -1.64. The fraction of sp³-hybridized carbons (Fsp3) is 0.200. The molecule has 0 amide bonds. The van der Waals surface area contributed by atoms with E-state index >= 15 is 0 Å². The molecule has 13 heavy (non-hydrogen) atoms. The second-order valence-corrected chi connectivity index (χ2v) is 2.56. The van der Waals surface area contributed by atoms with Crippen LogP contribution in [0.1, 0.15) is 0 Å². The Morgan fingerprint density at radius 2 is 2.00 bits per heavy atom. The van der Waals surface area contributed by atoms with Crippen molar-refractivity contribution in [3.05, 3.63) is 43.6 Å². The largest absolute Gasteiger partial charge is 0.348 e. The highest BCUT2D eigenvalue weighted by Crippen LogP contribution is 2.06. The summed E-state index contributed by atoms with van der Waals surface area (Å²) in [4.78, 5) is 2.03. The molecule has 1 aromatic rings. The summed E-state index contributed by atoms with van der Waals surface area (Å²) in [5.74, 6) is 0.849. The van der Waals surface area contributed by atoms with Gasteiger partial charge in [-0.1, -0.05) is 12.2 Å². The second kappa shape index (κ2) is 5.09. The van der Waals surface area contributed by atoms with Gasteiger partial charge in [0.15, 0.2) is 5.82 Å². The average molecular weight is 175 g/mol. The minimum Gasteiger partial charge on any atom is -0.348 e. The Morgan fingerprint density at radius 3 is 2.46 bits per heavy atom. The van der Waals surface area contributed by atoms with Crippen molar-refractivity contribution in [1.29, 1.82) is 0 Å². The zero-order chi connectivity index (χ0) is 9.52. The van der Waals surface area contributed by atoms with Crippen LogP contribution in [-0.4, -0.2) is 23.3 Å². The first-order valence-corrected chi connectivity index (χ1v) is 4.13. The van der Waals surface area contributed by atoms with Crippen LogP contribution in [0, 0.1) is 0 Å². The fourth-order valence-electron chi connectivity index (χ4n) is 1.04. The molecule has 0 aromatic carbocycles. The summed E-state index contributed by atoms with van der Waals surface area (Å²) in [6, 6.07) is 3.78. The molecule has 1 aromatic heterocycles. The van der Waals surface area contributed by atoms with Crippen LogP contribution in [0.2, 0.25) is 0 Å². The molecule has 1 rings (SSSR count). The molecule has 0 aliphatic rings. The lowest BCUT2D eigenvalue weighted by Gasteiger charge is -2.18. The van der Waals surface area contributed by atoms with Gasteiger partial charge in [-0.15, -0.1) is 18.3 Å². The molecule has 3 heteroatoms. The topological polar surface area (TPSA) is 29.0 Å². The maximum atomic E-state index is 4.00. The van der Waals surface area contributed by atoms with Crippen LogP contribution >= 0.6 is 0 Å². The molecule has 0 saturated heterocycles. The number of hydrogen-bond donors (Lipinski definition) is 0. The van der Waals surface area contributed by atoms with Gasteiger partial charge in [0.2, 0.25) is 0 Å². The monoisotopic (exact) mass is 175 g/mol. The van der Waals surface area contributed by atoms with Gasteiger partial charge in [-0.25, -0.2) is 0 Å². The highest BCUT2D eigenvalue weighted by atomic mass is 15.2. The summed E-state index contributed by atoms with van der Waals surface area (Å²) in [7, 11) is 0. The summed E-state index contributed by atoms with van der Waals surface area (Å²) >= 11 is 0. The van der Waals surface area contributed by atoms with Gasteiger partial charge in [-0.05, 0) is 12.1 Å². The summed E-state index contributed by atoms with van der Waals surface area (Å²) in [6.07, 6.45) is 5.32. The Kier molecular flexibility index (Phi) is 3.70. The summed E-state index contributed by atoms with van der Waals surface area (Å²) in [5.41, 5.74) is 0. The normalized spacial score (nSPS) is 9.23. The van der Waals surface area contributed by atoms with E-state index in [0.717, 1.165) is 18.9 Å². The van der Waals surface area contributed by atoms with Gasteiger partial charge in [0.05, 0.1) is 0 Å². The highest BCUT2D eigenvalue weighted by molar-refractivity contribution is 5.37. The third kappa shape index (κ3) is 2.71. The van der Waals surface area contributed by atoms with Crippen LogP contribution in [-0.2, 0) is 0 Å². The van der Waals surface area contributed by atoms with Gasteiger partial charge < -0.3 is 4.90 Å². The van der Waals surface area contributed by atoms with E-state index < -0.39 is 0 Å². The summed E-state index contributed by atoms with van der Waals surface area (Å²) in [5, 5.41) is 7.81. The molecule has 1 heterocycles. The van der Waals surface area contributed by atoms with E-state index in [4.69, 9.17) is 0 Å². The van der Waals surface area contributed by atoms with E-state index in [2.05, 4.69) is 23.4 Å². The van der Waals surface area contributed by atoms with E-state index in [1.54, 1.807) is 6.20 Å². The second-order valence-electron chi connectivity index (χ2n) is 2.56. The first-order chi connectivity index (χ1) is 6.38. The van der Waals surface area contributed by atoms with Gasteiger partial charge in [0, 0.05) is 19.3 Å². The molecule has 0 spiro atoms. The van der Waals surface area contributed by atoms with Gasteiger partial charge in [0.25, 0.3) is 0 Å². The smallest absolute Gasteiger partial charge is 0.151 e. The lowest BCUT2D eigenvalue weighted by atomic mass is 10.4. The van der Waals surface area contributed by atoms with Gasteiger partial charge in [-0.2, -0.15) is 5.10 Å². The van der Waals surface area contributed by atoms with Crippen LogP contribution < -0.4 is 4.90 Å². The molecule has 0 bridgehead atoms. The number of anilines is 1. The standard InChI is InChI=1S/C10H13N3/c1-3-8-13(9-4-2)10-6-5-7-11-12-10/h3-7H,1-2,8-9H2. The van der Waals surface area contributed by atoms with Crippen molar-refractivity contribution in [3.63, 3.8) is 0 Å². The molecule has 68 valence electrons. The lowest BCUT2D eigenvalue weighted by molar-refractivity contribution is 0.886. The van der Waals surface area contributed by atoms with Crippen molar-refractivity contribution in [1.82, 2.24) is 10.2 Å². The third-order valence-corrected chi connectivity index (χ3v) is 1.58. The van der Waals surface area contributed by atoms with E-state index in [9.17, 15) is 0 Å². The zero-order valence-corrected chi connectivity index (χ0v) is 7.56. The molecule has 0 fully saturated rings. The van der Waals surface area contributed by atoms with Crippen LogP contribution in [0.4, 0.5) is 5.82 Å². The predicted octanol–water partition coefficient (Wildman–Crippen LogP) is 1.66. The zero-order valence-electron chi connectivity index (χ0n) is 7.56. The van der Waals surface area contributed by atoms with Crippen molar-refractivity contribution < 1.29 is 0 Å². The fourth-order valence-corrected chi connectivity index (χ4v) is 1.04. The van der Waals surface area contributed by atoms with Crippen LogP contribution in [0.25, 0.3) is 0 Å². The van der Waals surface area contributed by atoms with Crippen molar-refractivity contribution >= 4 is 5.82 Å². The molecule has 0 aliphatic heterocycles. The first-order valence-electron chi connectivity index (χ1n) is 4.13. The molecule has 0 unspecified atom stereocenters.